The van der Waals surface area contributed by atoms with Gasteiger partial charge < -0.3 is 9.47 Å². The highest BCUT2D eigenvalue weighted by Crippen LogP contribution is 2.21. The SMILES string of the molecule is CCC(C)(C)C(=O)OCCCOC=S. The Balaban J connectivity index is 3.59. The minimum atomic E-state index is -0.384. The lowest BCUT2D eigenvalue weighted by Crippen LogP contribution is -2.26. The first-order valence-corrected chi connectivity index (χ1v) is 5.24. The molecule has 4 heteroatoms. The van der Waals surface area contributed by atoms with Crippen molar-refractivity contribution in [3.63, 3.8) is 0 Å². The molecule has 0 amide bonds. The third-order valence-corrected chi connectivity index (χ3v) is 2.28. The molecule has 0 bridgehead atoms. The summed E-state index contributed by atoms with van der Waals surface area (Å²) in [6, 6.07) is 0. The summed E-state index contributed by atoms with van der Waals surface area (Å²) in [6.45, 7) is 6.62. The van der Waals surface area contributed by atoms with E-state index in [9.17, 15) is 4.79 Å². The Morgan fingerprint density at radius 2 is 2.07 bits per heavy atom. The second-order valence-electron chi connectivity index (χ2n) is 3.69. The molecule has 14 heavy (non-hydrogen) atoms. The molecule has 0 aliphatic heterocycles. The molecule has 0 fully saturated rings. The lowest BCUT2D eigenvalue weighted by atomic mass is 9.91. The lowest BCUT2D eigenvalue weighted by molar-refractivity contribution is -0.154. The van der Waals surface area contributed by atoms with Gasteiger partial charge in [-0.05, 0) is 32.5 Å². The Morgan fingerprint density at radius 3 is 2.57 bits per heavy atom. The third-order valence-electron chi connectivity index (χ3n) is 2.14. The van der Waals surface area contributed by atoms with Crippen LogP contribution in [0.1, 0.15) is 33.6 Å². The fraction of sp³-hybridized carbons (Fsp3) is 0.800. The van der Waals surface area contributed by atoms with Gasteiger partial charge >= 0.3 is 5.97 Å². The highest BCUT2D eigenvalue weighted by atomic mass is 32.1. The van der Waals surface area contributed by atoms with Gasteiger partial charge in [-0.2, -0.15) is 0 Å². The van der Waals surface area contributed by atoms with E-state index in [2.05, 4.69) is 12.2 Å². The number of ether oxygens (including phenoxy) is 2. The van der Waals surface area contributed by atoms with Crippen LogP contribution in [0.15, 0.2) is 0 Å². The molecular formula is C10H18O3S. The van der Waals surface area contributed by atoms with Crippen molar-refractivity contribution in [1.29, 1.82) is 0 Å². The van der Waals surface area contributed by atoms with Crippen LogP contribution in [0.3, 0.4) is 0 Å². The van der Waals surface area contributed by atoms with E-state index in [1.54, 1.807) is 0 Å². The molecule has 0 N–H and O–H groups in total. The van der Waals surface area contributed by atoms with Crippen LogP contribution in [0.4, 0.5) is 0 Å². The van der Waals surface area contributed by atoms with E-state index in [-0.39, 0.29) is 11.4 Å². The van der Waals surface area contributed by atoms with Crippen molar-refractivity contribution in [3.05, 3.63) is 0 Å². The third kappa shape index (κ3) is 5.17. The van der Waals surface area contributed by atoms with Crippen LogP contribution in [-0.4, -0.2) is 24.7 Å². The van der Waals surface area contributed by atoms with Crippen molar-refractivity contribution < 1.29 is 14.3 Å². The van der Waals surface area contributed by atoms with Crippen molar-refractivity contribution in [1.82, 2.24) is 0 Å². The Kier molecular flexibility index (Phi) is 6.45. The van der Waals surface area contributed by atoms with Gasteiger partial charge in [0, 0.05) is 6.42 Å². The van der Waals surface area contributed by atoms with Crippen LogP contribution in [0.2, 0.25) is 0 Å². The molecule has 0 rings (SSSR count). The van der Waals surface area contributed by atoms with Crippen LogP contribution >= 0.6 is 12.2 Å². The normalized spacial score (nSPS) is 10.8. The molecule has 3 nitrogen and oxygen atoms in total. The zero-order chi connectivity index (χ0) is 11.0. The molecule has 0 heterocycles. The molecular weight excluding hydrogens is 200 g/mol. The maximum Gasteiger partial charge on any atom is 0.311 e. The van der Waals surface area contributed by atoms with Gasteiger partial charge in [0.25, 0.3) is 0 Å². The van der Waals surface area contributed by atoms with Gasteiger partial charge in [0.2, 0.25) is 0 Å². The largest absolute Gasteiger partial charge is 0.490 e. The van der Waals surface area contributed by atoms with Gasteiger partial charge in [0.05, 0.1) is 18.6 Å². The fourth-order valence-electron chi connectivity index (χ4n) is 0.695. The maximum absolute atomic E-state index is 11.4. The molecule has 82 valence electrons. The summed E-state index contributed by atoms with van der Waals surface area (Å²) in [6.07, 6.45) is 1.46. The molecule has 0 saturated carbocycles. The summed E-state index contributed by atoms with van der Waals surface area (Å²) in [5.41, 5.74) is 0.836. The van der Waals surface area contributed by atoms with E-state index in [1.807, 2.05) is 20.8 Å². The molecule has 0 aliphatic rings. The predicted molar refractivity (Wildman–Crippen MR) is 59.3 cm³/mol. The summed E-state index contributed by atoms with van der Waals surface area (Å²) >= 11 is 4.48. The zero-order valence-corrected chi connectivity index (χ0v) is 9.86. The topological polar surface area (TPSA) is 35.5 Å². The Labute approximate surface area is 90.8 Å². The monoisotopic (exact) mass is 218 g/mol. The number of esters is 1. The highest BCUT2D eigenvalue weighted by Gasteiger charge is 2.26. The standard InChI is InChI=1S/C10H18O3S/c1-4-10(2,3)9(11)13-7-5-6-12-8-14/h8H,4-7H2,1-3H3. The zero-order valence-electron chi connectivity index (χ0n) is 9.04. The molecule has 0 atom stereocenters. The number of thiocarbonyl (C=S) groups is 1. The van der Waals surface area contributed by atoms with Crippen molar-refractivity contribution in [2.75, 3.05) is 13.2 Å². The maximum atomic E-state index is 11.4. The highest BCUT2D eigenvalue weighted by molar-refractivity contribution is 7.78. The number of hydrogen-bond acceptors (Lipinski definition) is 4. The first-order chi connectivity index (χ1) is 6.54. The Hall–Kier alpha value is -0.640. The second-order valence-corrected chi connectivity index (χ2v) is 3.89. The molecule has 0 spiro atoms. The number of rotatable bonds is 7. The van der Waals surface area contributed by atoms with Crippen LogP contribution in [0.25, 0.3) is 0 Å². The van der Waals surface area contributed by atoms with Crippen molar-refractivity contribution >= 4 is 23.7 Å². The average Bonchev–Trinajstić information content (AvgIpc) is 2.17. The molecule has 0 unspecified atom stereocenters. The lowest BCUT2D eigenvalue weighted by Gasteiger charge is -2.20. The molecule has 0 aromatic carbocycles. The number of carbonyl (C=O) groups is 1. The van der Waals surface area contributed by atoms with Crippen LogP contribution in [0.5, 0.6) is 0 Å². The van der Waals surface area contributed by atoms with E-state index in [1.165, 1.54) is 5.55 Å². The van der Waals surface area contributed by atoms with E-state index in [0.717, 1.165) is 6.42 Å². The van der Waals surface area contributed by atoms with Crippen molar-refractivity contribution in [3.8, 4) is 0 Å². The number of carbonyl (C=O) groups excluding carboxylic acids is 1. The van der Waals surface area contributed by atoms with Crippen molar-refractivity contribution in [2.45, 2.75) is 33.6 Å². The second kappa shape index (κ2) is 6.76. The first kappa shape index (κ1) is 13.4. The summed E-state index contributed by atoms with van der Waals surface area (Å²) in [5.74, 6) is -0.151. The summed E-state index contributed by atoms with van der Waals surface area (Å²) in [4.78, 5) is 11.4. The Bertz CT molecular complexity index is 190. The van der Waals surface area contributed by atoms with Crippen molar-refractivity contribution in [2.24, 2.45) is 5.41 Å². The molecule has 0 aromatic heterocycles. The average molecular weight is 218 g/mol. The first-order valence-electron chi connectivity index (χ1n) is 4.77. The van der Waals surface area contributed by atoms with Crippen LogP contribution < -0.4 is 0 Å². The van der Waals surface area contributed by atoms with E-state index in [0.29, 0.717) is 19.6 Å². The van der Waals surface area contributed by atoms with Gasteiger partial charge in [-0.1, -0.05) is 6.92 Å². The van der Waals surface area contributed by atoms with Crippen LogP contribution in [-0.2, 0) is 14.3 Å². The number of hydrogen-bond donors (Lipinski definition) is 0. The van der Waals surface area contributed by atoms with Gasteiger partial charge in [-0.3, -0.25) is 4.79 Å². The molecule has 0 saturated heterocycles. The smallest absolute Gasteiger partial charge is 0.311 e. The van der Waals surface area contributed by atoms with Gasteiger partial charge in [0.15, 0.2) is 0 Å². The summed E-state index contributed by atoms with van der Waals surface area (Å²) in [5, 5.41) is 0. The molecule has 0 aliphatic carbocycles. The molecule has 0 radical (unpaired) electrons. The Morgan fingerprint density at radius 1 is 1.43 bits per heavy atom. The van der Waals surface area contributed by atoms with E-state index >= 15 is 0 Å². The quantitative estimate of drug-likeness (QED) is 0.373. The summed E-state index contributed by atoms with van der Waals surface area (Å²) in [7, 11) is 0. The van der Waals surface area contributed by atoms with Crippen LogP contribution in [0, 0.1) is 5.41 Å². The summed E-state index contributed by atoms with van der Waals surface area (Å²) < 4.78 is 9.90. The minimum Gasteiger partial charge on any atom is -0.490 e. The predicted octanol–water partition coefficient (Wildman–Crippen LogP) is 2.33. The van der Waals surface area contributed by atoms with Gasteiger partial charge in [-0.15, -0.1) is 0 Å². The van der Waals surface area contributed by atoms with Gasteiger partial charge in [-0.25, -0.2) is 0 Å². The fourth-order valence-corrected chi connectivity index (χ4v) is 0.791. The minimum absolute atomic E-state index is 0.151. The van der Waals surface area contributed by atoms with Gasteiger partial charge in [0.1, 0.15) is 5.55 Å². The molecule has 0 aromatic rings. The van der Waals surface area contributed by atoms with E-state index in [4.69, 9.17) is 9.47 Å². The van der Waals surface area contributed by atoms with E-state index < -0.39 is 0 Å².